The molecule has 4 aromatic rings. The number of hydrogen-bond acceptors (Lipinski definition) is 18. The number of ether oxygens (including phenoxy) is 3. The van der Waals surface area contributed by atoms with Gasteiger partial charge in [-0.3, -0.25) is 27.2 Å². The second kappa shape index (κ2) is 11.6. The highest BCUT2D eigenvalue weighted by atomic mass is 32.7. The molecule has 46 heavy (non-hydrogen) atoms. The molecule has 3 aliphatic heterocycles. The molecule has 7 heterocycles. The van der Waals surface area contributed by atoms with E-state index >= 15 is 0 Å². The summed E-state index contributed by atoms with van der Waals surface area (Å²) >= 11 is 8.39. The molecule has 0 radical (unpaired) electrons. The van der Waals surface area contributed by atoms with Gasteiger partial charge in [0.05, 0.1) is 25.9 Å². The van der Waals surface area contributed by atoms with E-state index in [0.717, 1.165) is 0 Å². The van der Waals surface area contributed by atoms with E-state index in [9.17, 15) is 14.2 Å². The summed E-state index contributed by atoms with van der Waals surface area (Å²) in [6.45, 7) is -8.01. The van der Waals surface area contributed by atoms with Crippen molar-refractivity contribution in [3.05, 3.63) is 25.3 Å². The van der Waals surface area contributed by atoms with E-state index in [2.05, 4.69) is 54.4 Å². The second-order valence-corrected chi connectivity index (χ2v) is 16.6. The minimum absolute atomic E-state index is 0.102. The number of aromatic nitrogens is 8. The lowest BCUT2D eigenvalue weighted by molar-refractivity contribution is -0.112. The van der Waals surface area contributed by atoms with Crippen molar-refractivity contribution in [1.29, 1.82) is 0 Å². The number of anilines is 2. The van der Waals surface area contributed by atoms with E-state index in [1.165, 1.54) is 41.6 Å². The number of rotatable bonds is 3. The number of aliphatic hydroxyl groups is 1. The first-order valence-corrected chi connectivity index (χ1v) is 18.9. The lowest BCUT2D eigenvalue weighted by atomic mass is 9.98. The van der Waals surface area contributed by atoms with Crippen LogP contribution in [0.25, 0.3) is 22.3 Å². The van der Waals surface area contributed by atoms with Crippen LogP contribution in [-0.2, 0) is 41.4 Å². The first kappa shape index (κ1) is 32.1. The second-order valence-electron chi connectivity index (χ2n) is 10.8. The highest BCUT2D eigenvalue weighted by molar-refractivity contribution is 8.44. The Hall–Kier alpha value is -2.46. The predicted octanol–water partition coefficient (Wildman–Crippen LogP) is 1.28. The van der Waals surface area contributed by atoms with Gasteiger partial charge >= 0.3 is 13.6 Å². The molecule has 5 N–H and O–H groups in total. The molecule has 7 rings (SSSR count). The summed E-state index contributed by atoms with van der Waals surface area (Å²) in [5.41, 5.74) is 11.5. The molecule has 0 aromatic carbocycles. The first-order valence-electron chi connectivity index (χ1n) is 13.5. The Kier molecular flexibility index (Phi) is 8.10. The van der Waals surface area contributed by atoms with Gasteiger partial charge in [-0.05, 0) is 6.92 Å². The van der Waals surface area contributed by atoms with Gasteiger partial charge in [0.2, 0.25) is 0 Å². The molecule has 3 fully saturated rings. The first-order chi connectivity index (χ1) is 21.8. The zero-order valence-electron chi connectivity index (χ0n) is 23.9. The number of thiol groups is 2. The van der Waals surface area contributed by atoms with Crippen LogP contribution in [0, 0.1) is 0 Å². The molecule has 248 valence electrons. The molecule has 0 aliphatic carbocycles. The molecule has 24 heteroatoms. The third-order valence-corrected chi connectivity index (χ3v) is 11.1. The summed E-state index contributed by atoms with van der Waals surface area (Å²) in [5, 5.41) is 11.2. The van der Waals surface area contributed by atoms with Crippen molar-refractivity contribution in [3.63, 3.8) is 0 Å². The number of nitrogen functional groups attached to an aromatic ring is 2. The quantitative estimate of drug-likeness (QED) is 0.148. The van der Waals surface area contributed by atoms with Gasteiger partial charge < -0.3 is 30.8 Å². The maximum atomic E-state index is 13.8. The van der Waals surface area contributed by atoms with Crippen molar-refractivity contribution in [2.75, 3.05) is 31.8 Å². The van der Waals surface area contributed by atoms with Gasteiger partial charge in [-0.25, -0.2) is 39.0 Å². The summed E-state index contributed by atoms with van der Waals surface area (Å²) in [6.07, 6.45) is -3.21. The molecule has 0 saturated carbocycles. The maximum absolute atomic E-state index is 13.8. The van der Waals surface area contributed by atoms with E-state index in [4.69, 9.17) is 43.8 Å². The molecular weight excluding hydrogens is 690 g/mol. The van der Waals surface area contributed by atoms with Crippen molar-refractivity contribution >= 4 is 72.1 Å². The fourth-order valence-electron chi connectivity index (χ4n) is 5.69. The topological polar surface area (TPSA) is 258 Å². The Morgan fingerprint density at radius 1 is 0.935 bits per heavy atom. The summed E-state index contributed by atoms with van der Waals surface area (Å²) < 4.78 is 71.8. The number of aliphatic hydroxyl groups excluding tert-OH is 1. The zero-order chi connectivity index (χ0) is 32.6. The van der Waals surface area contributed by atoms with Crippen LogP contribution in [0.3, 0.4) is 0 Å². The number of fused-ring (bicyclic) bond motifs is 5. The number of nitrogens with two attached hydrogens (primary N) is 2. The van der Waals surface area contributed by atoms with E-state index < -0.39 is 75.4 Å². The van der Waals surface area contributed by atoms with Gasteiger partial charge in [-0.15, -0.1) is 0 Å². The van der Waals surface area contributed by atoms with Crippen LogP contribution >= 0.6 is 38.1 Å². The van der Waals surface area contributed by atoms with Crippen LogP contribution in [-0.4, -0.2) is 101 Å². The third kappa shape index (κ3) is 5.49. The van der Waals surface area contributed by atoms with Crippen molar-refractivity contribution in [1.82, 2.24) is 39.0 Å². The molecular formula is C22H28N10O10P2S2. The predicted molar refractivity (Wildman–Crippen MR) is 164 cm³/mol. The molecule has 3 saturated heterocycles. The molecule has 20 nitrogen and oxygen atoms in total. The van der Waals surface area contributed by atoms with Crippen molar-refractivity contribution < 1.29 is 46.5 Å². The van der Waals surface area contributed by atoms with Crippen LogP contribution in [0.4, 0.5) is 11.6 Å². The van der Waals surface area contributed by atoms with Crippen molar-refractivity contribution in [2.45, 2.75) is 55.5 Å². The zero-order valence-corrected chi connectivity index (χ0v) is 27.5. The van der Waals surface area contributed by atoms with Gasteiger partial charge in [0.15, 0.2) is 35.4 Å². The van der Waals surface area contributed by atoms with Gasteiger partial charge in [0, 0.05) is 7.11 Å². The van der Waals surface area contributed by atoms with Gasteiger partial charge in [-0.1, -0.05) is 24.5 Å². The molecule has 0 spiro atoms. The summed E-state index contributed by atoms with van der Waals surface area (Å²) in [5.74, 6) is 0.243. The fourth-order valence-corrected chi connectivity index (χ4v) is 8.74. The summed E-state index contributed by atoms with van der Waals surface area (Å²) in [4.78, 5) is 24.8. The van der Waals surface area contributed by atoms with Crippen LogP contribution in [0.5, 0.6) is 0 Å². The third-order valence-electron chi connectivity index (χ3n) is 7.90. The highest BCUT2D eigenvalue weighted by Crippen LogP contribution is 2.61. The fraction of sp³-hybridized carbons (Fsp3) is 0.545. The normalized spacial score (nSPS) is 38.8. The number of methoxy groups -OCH3 is 1. The van der Waals surface area contributed by atoms with Crippen molar-refractivity contribution in [3.8, 4) is 0 Å². The minimum atomic E-state index is -4.32. The molecule has 0 amide bonds. The lowest BCUT2D eigenvalue weighted by Gasteiger charge is -2.33. The minimum Gasteiger partial charge on any atom is -0.387 e. The highest BCUT2D eigenvalue weighted by Gasteiger charge is 2.59. The molecule has 2 bridgehead atoms. The Morgan fingerprint density at radius 2 is 1.52 bits per heavy atom. The SMILES string of the molecule is CO[C@H]1[C@H](n2cnc3c(N)ncnc32)O[C@]2(C)CO[P@@](=O)(S)O[C@@H]3[C@H](O)[C@@H](CO[P@](=O)(S)O[C@@H]12)O[C@H]3n1cnc2c(N)ncnc21. The number of imidazole rings is 2. The van der Waals surface area contributed by atoms with E-state index in [-0.39, 0.29) is 22.8 Å². The monoisotopic (exact) mass is 718 g/mol. The van der Waals surface area contributed by atoms with Gasteiger partial charge in [0.25, 0.3) is 0 Å². The van der Waals surface area contributed by atoms with E-state index in [0.29, 0.717) is 11.2 Å². The lowest BCUT2D eigenvalue weighted by Crippen LogP contribution is -2.46. The number of hydrogen-bond donors (Lipinski definition) is 5. The summed E-state index contributed by atoms with van der Waals surface area (Å²) in [7, 11) is 1.39. The molecule has 0 unspecified atom stereocenters. The molecule has 10 atom stereocenters. The standard InChI is InChI=1S/C22H28N10O10P2S2/c1-22-4-38-44(35,46)41-13-12(33)9(39-20(13)31-7-29-10-16(23)25-5-27-18(10)31)3-37-43(34,45)42-15(22)14(36-2)21(40-22)32-8-30-11-17(24)26-6-28-19(11)32/h5-9,12-15,20-21,33H,3-4H2,1-2H3,(H,34,45)(H,35,46)(H2,23,25,27)(H2,24,26,28)/t9-,12-,13-,14-,15+,20-,21-,22-,43+,44-/m1/s1. The Bertz CT molecular complexity index is 1900. The van der Waals surface area contributed by atoms with Crippen LogP contribution in [0.1, 0.15) is 19.4 Å². The van der Waals surface area contributed by atoms with E-state index in [1.54, 1.807) is 6.92 Å². The Morgan fingerprint density at radius 3 is 2.13 bits per heavy atom. The summed E-state index contributed by atoms with van der Waals surface area (Å²) in [6, 6.07) is 0. The smallest absolute Gasteiger partial charge is 0.386 e. The average Bonchev–Trinajstić information content (AvgIpc) is 3.76. The molecule has 3 aliphatic rings. The maximum Gasteiger partial charge on any atom is 0.386 e. The Balaban J connectivity index is 1.24. The largest absolute Gasteiger partial charge is 0.387 e. The van der Waals surface area contributed by atoms with E-state index in [1.807, 2.05) is 0 Å². The van der Waals surface area contributed by atoms with Gasteiger partial charge in [-0.2, -0.15) is 0 Å². The van der Waals surface area contributed by atoms with Crippen LogP contribution < -0.4 is 11.5 Å². The molecule has 4 aromatic heterocycles. The van der Waals surface area contributed by atoms with Gasteiger partial charge in [0.1, 0.15) is 59.8 Å². The van der Waals surface area contributed by atoms with Crippen LogP contribution in [0.2, 0.25) is 0 Å². The Labute approximate surface area is 269 Å². The number of nitrogens with zero attached hydrogens (tertiary/aromatic N) is 8. The average molecular weight is 719 g/mol. The van der Waals surface area contributed by atoms with Crippen molar-refractivity contribution in [2.24, 2.45) is 0 Å². The van der Waals surface area contributed by atoms with Crippen LogP contribution in [0.15, 0.2) is 25.3 Å².